The molecule has 0 unspecified atom stereocenters. The predicted octanol–water partition coefficient (Wildman–Crippen LogP) is 5.11. The number of halogens is 2. The summed E-state index contributed by atoms with van der Waals surface area (Å²) in [7, 11) is 0. The fraction of sp³-hybridized carbons (Fsp3) is 0.550. The van der Waals surface area contributed by atoms with E-state index in [0.29, 0.717) is 11.4 Å². The predicted molar refractivity (Wildman–Crippen MR) is 108 cm³/mol. The third-order valence-electron chi connectivity index (χ3n) is 3.71. The number of allylic oxidation sites excluding steroid dienone is 6. The summed E-state index contributed by atoms with van der Waals surface area (Å²) >= 11 is 0. The quantitative estimate of drug-likeness (QED) is 0.212. The second-order valence-electron chi connectivity index (χ2n) is 6.10. The summed E-state index contributed by atoms with van der Waals surface area (Å²) in [5.74, 6) is 0. The lowest BCUT2D eigenvalue weighted by Gasteiger charge is -2.22. The van der Waals surface area contributed by atoms with Crippen LogP contribution in [0.1, 0.15) is 47.5 Å². The average molecular weight is 369 g/mol. The lowest BCUT2D eigenvalue weighted by Crippen LogP contribution is -2.29. The van der Waals surface area contributed by atoms with Crippen LogP contribution in [0.5, 0.6) is 0 Å². The topological polar surface area (TPSA) is 30.9 Å². The summed E-state index contributed by atoms with van der Waals surface area (Å²) in [5, 5.41) is 1.64. The molecule has 0 amide bonds. The molecule has 148 valence electrons. The van der Waals surface area contributed by atoms with Gasteiger partial charge in [-0.15, -0.1) is 0 Å². The molecule has 0 aliphatic rings. The van der Waals surface area contributed by atoms with E-state index in [4.69, 9.17) is 4.99 Å². The maximum Gasteiger partial charge on any atom is 0.130 e. The van der Waals surface area contributed by atoms with E-state index in [1.807, 2.05) is 38.2 Å². The van der Waals surface area contributed by atoms with E-state index in [1.165, 1.54) is 0 Å². The molecule has 0 aromatic heterocycles. The first-order valence-corrected chi connectivity index (χ1v) is 9.14. The lowest BCUT2D eigenvalue weighted by atomic mass is 10.2. The van der Waals surface area contributed by atoms with Crippen molar-refractivity contribution in [3.63, 3.8) is 0 Å². The van der Waals surface area contributed by atoms with Gasteiger partial charge in [0, 0.05) is 17.6 Å². The van der Waals surface area contributed by atoms with Crippen molar-refractivity contribution in [1.29, 1.82) is 0 Å². The molecule has 0 fully saturated rings. The van der Waals surface area contributed by atoms with Crippen molar-refractivity contribution in [3.8, 4) is 0 Å². The monoisotopic (exact) mass is 368 g/mol. The molecule has 0 rings (SSSR count). The minimum Gasteiger partial charge on any atom is -0.367 e. The van der Waals surface area contributed by atoms with Gasteiger partial charge in [0.25, 0.3) is 0 Å². The summed E-state index contributed by atoms with van der Waals surface area (Å²) in [6, 6.07) is 0. The third kappa shape index (κ3) is 10.9. The van der Waals surface area contributed by atoms with Gasteiger partial charge in [-0.2, -0.15) is 0 Å². The van der Waals surface area contributed by atoms with Crippen LogP contribution in [-0.4, -0.2) is 42.3 Å². The van der Waals surface area contributed by atoms with Crippen molar-refractivity contribution in [2.75, 3.05) is 26.3 Å². The molecule has 6 heteroatoms. The van der Waals surface area contributed by atoms with Crippen LogP contribution in [0, 0.1) is 0 Å². The molecule has 0 aliphatic heterocycles. The van der Waals surface area contributed by atoms with E-state index in [9.17, 15) is 8.96 Å². The molecule has 0 spiro atoms. The first kappa shape index (κ1) is 24.2. The van der Waals surface area contributed by atoms with Crippen LogP contribution in [0.4, 0.5) is 8.96 Å². The van der Waals surface area contributed by atoms with Crippen LogP contribution in [0.3, 0.4) is 0 Å². The lowest BCUT2D eigenvalue weighted by molar-refractivity contribution is -0.156. The normalized spacial score (nSPS) is 14.0. The van der Waals surface area contributed by atoms with Crippen molar-refractivity contribution in [2.24, 2.45) is 4.99 Å². The van der Waals surface area contributed by atoms with Crippen LogP contribution in [-0.2, 0) is 0 Å². The Bertz CT molecular complexity index is 528. The van der Waals surface area contributed by atoms with Gasteiger partial charge in [-0.3, -0.25) is 9.89 Å². The van der Waals surface area contributed by atoms with E-state index < -0.39 is 12.0 Å². The van der Waals surface area contributed by atoms with Crippen molar-refractivity contribution in [1.82, 2.24) is 15.6 Å². The van der Waals surface area contributed by atoms with Gasteiger partial charge >= 0.3 is 0 Å². The zero-order chi connectivity index (χ0) is 19.9. The summed E-state index contributed by atoms with van der Waals surface area (Å²) in [6.07, 6.45) is 10.1. The molecule has 26 heavy (non-hydrogen) atoms. The smallest absolute Gasteiger partial charge is 0.130 e. The van der Waals surface area contributed by atoms with Crippen LogP contribution >= 0.6 is 0 Å². The van der Waals surface area contributed by atoms with Gasteiger partial charge in [-0.1, -0.05) is 53.7 Å². The molecule has 0 aromatic carbocycles. The fourth-order valence-electron chi connectivity index (χ4n) is 2.32. The second kappa shape index (κ2) is 14.4. The van der Waals surface area contributed by atoms with Gasteiger partial charge in [0.05, 0.1) is 11.4 Å². The summed E-state index contributed by atoms with van der Waals surface area (Å²) < 4.78 is 24.4. The Morgan fingerprint density at radius 2 is 1.73 bits per heavy atom. The summed E-state index contributed by atoms with van der Waals surface area (Å²) in [5.41, 5.74) is 2.97. The number of aliphatic imine (C=N–C) groups is 1. The van der Waals surface area contributed by atoms with Gasteiger partial charge in [0.2, 0.25) is 0 Å². The Morgan fingerprint density at radius 1 is 1.12 bits per heavy atom. The van der Waals surface area contributed by atoms with Crippen LogP contribution < -0.4 is 5.32 Å². The van der Waals surface area contributed by atoms with Gasteiger partial charge < -0.3 is 5.32 Å². The molecule has 4 nitrogen and oxygen atoms in total. The van der Waals surface area contributed by atoms with E-state index >= 15 is 0 Å². The molecule has 0 bridgehead atoms. The zero-order valence-corrected chi connectivity index (χ0v) is 16.9. The average Bonchev–Trinajstić information content (AvgIpc) is 2.59. The first-order valence-electron chi connectivity index (χ1n) is 9.14. The minimum absolute atomic E-state index is 0.394. The highest BCUT2D eigenvalue weighted by Gasteiger charge is 2.10. The highest BCUT2D eigenvalue weighted by atomic mass is 19.4. The second-order valence-corrected chi connectivity index (χ2v) is 6.10. The van der Waals surface area contributed by atoms with Crippen LogP contribution in [0.2, 0.25) is 0 Å². The Kier molecular flexibility index (Phi) is 13.4. The maximum atomic E-state index is 12.2. The molecule has 0 heterocycles. The van der Waals surface area contributed by atoms with Crippen molar-refractivity contribution >= 4 is 5.71 Å². The van der Waals surface area contributed by atoms with E-state index in [0.717, 1.165) is 43.7 Å². The molecule has 1 N–H and O–H groups in total. The Labute approximate surface area is 157 Å². The zero-order valence-electron chi connectivity index (χ0n) is 16.9. The molecule has 0 aliphatic carbocycles. The van der Waals surface area contributed by atoms with Crippen molar-refractivity contribution in [2.45, 2.75) is 47.5 Å². The highest BCUT2D eigenvalue weighted by molar-refractivity contribution is 5.97. The number of rotatable bonds is 13. The number of hydrogen-bond donors (Lipinski definition) is 1. The molecule has 0 saturated carbocycles. The molecule has 0 atom stereocenters. The van der Waals surface area contributed by atoms with Crippen molar-refractivity contribution in [3.05, 3.63) is 47.9 Å². The van der Waals surface area contributed by atoms with Crippen molar-refractivity contribution < 1.29 is 8.96 Å². The largest absolute Gasteiger partial charge is 0.367 e. The van der Waals surface area contributed by atoms with Crippen LogP contribution in [0.25, 0.3) is 0 Å². The molecule has 0 radical (unpaired) electrons. The Morgan fingerprint density at radius 3 is 2.23 bits per heavy atom. The fourth-order valence-corrected chi connectivity index (χ4v) is 2.32. The molecular weight excluding hydrogens is 334 g/mol. The van der Waals surface area contributed by atoms with E-state index in [2.05, 4.69) is 30.6 Å². The Balaban J connectivity index is 5.51. The first-order chi connectivity index (χ1) is 12.3. The Hall–Kier alpha value is -1.79. The van der Waals surface area contributed by atoms with Gasteiger partial charge in [-0.25, -0.2) is 0 Å². The standard InChI is InChI=1S/C20H34F2N4/c1-7-10-11-12-17(4)20(15-25(13-8-2)14-9-3)24-19(6)18(5)23-16-26(21)22/h7,10-12,23H,5,8-9,13-16H2,1-4,6H3/b10-7-,12-11-,20-17+,24-19?. The molecular formula is C20H34F2N4. The minimum atomic E-state index is -0.926. The van der Waals surface area contributed by atoms with Gasteiger partial charge in [0.15, 0.2) is 0 Å². The van der Waals surface area contributed by atoms with Gasteiger partial charge in [-0.05, 0) is 52.3 Å². The van der Waals surface area contributed by atoms with Crippen LogP contribution in [0.15, 0.2) is 52.8 Å². The summed E-state index contributed by atoms with van der Waals surface area (Å²) in [4.78, 5) is 7.05. The SMILES string of the molecule is C=C(NCN(F)F)C(C)=N/C(CN(CCC)CCC)=C(C)/C=C\C=C/C. The van der Waals surface area contributed by atoms with Gasteiger partial charge in [0.1, 0.15) is 6.67 Å². The summed E-state index contributed by atoms with van der Waals surface area (Å²) in [6.45, 7) is 16.0. The number of nitrogens with zero attached hydrogens (tertiary/aromatic N) is 3. The molecule has 0 saturated heterocycles. The maximum absolute atomic E-state index is 12.2. The van der Waals surface area contributed by atoms with E-state index in [1.54, 1.807) is 6.92 Å². The van der Waals surface area contributed by atoms with E-state index in [-0.39, 0.29) is 0 Å². The highest BCUT2D eigenvalue weighted by Crippen LogP contribution is 2.13. The third-order valence-corrected chi connectivity index (χ3v) is 3.71. The number of nitrogens with one attached hydrogen (secondary N) is 1. The molecule has 0 aromatic rings. The number of hydrogen-bond acceptors (Lipinski definition) is 4.